The Labute approximate surface area is 250 Å². The molecule has 4 aromatic rings. The van der Waals surface area contributed by atoms with E-state index >= 15 is 4.39 Å². The summed E-state index contributed by atoms with van der Waals surface area (Å²) in [5.74, 6) is -1.99. The number of aryl methyl sites for hydroxylation is 2. The maximum atomic E-state index is 15.0. The zero-order chi connectivity index (χ0) is 31.0. The molecule has 0 saturated carbocycles. The highest BCUT2D eigenvalue weighted by molar-refractivity contribution is 9.10. The number of aromatic nitrogens is 1. The number of nitrogens with one attached hydrogen (secondary N) is 1. The van der Waals surface area contributed by atoms with E-state index in [4.69, 9.17) is 0 Å². The Kier molecular flexibility index (Phi) is 11.2. The van der Waals surface area contributed by atoms with Crippen LogP contribution in [0.5, 0.6) is 5.75 Å². The van der Waals surface area contributed by atoms with Gasteiger partial charge in [0.25, 0.3) is 5.56 Å². The predicted octanol–water partition coefficient (Wildman–Crippen LogP) is 6.35. The number of pyridine rings is 1. The predicted molar refractivity (Wildman–Crippen MR) is 160 cm³/mol. The Bertz CT molecular complexity index is 1630. The molecule has 1 aromatic heterocycles. The second-order valence-electron chi connectivity index (χ2n) is 9.39. The first-order valence-electron chi connectivity index (χ1n) is 13.1. The van der Waals surface area contributed by atoms with Gasteiger partial charge in [-0.25, -0.2) is 8.78 Å². The van der Waals surface area contributed by atoms with Gasteiger partial charge >= 0.3 is 5.97 Å². The van der Waals surface area contributed by atoms with Crippen LogP contribution in [0, 0.1) is 25.5 Å². The van der Waals surface area contributed by atoms with Gasteiger partial charge in [0.1, 0.15) is 23.4 Å². The Balaban J connectivity index is 0.000000730. The van der Waals surface area contributed by atoms with Crippen LogP contribution in [0.4, 0.5) is 8.78 Å². The quantitative estimate of drug-likeness (QED) is 0.229. The molecule has 4 rings (SSSR count). The topological polar surface area (TPSA) is 97.6 Å². The van der Waals surface area contributed by atoms with Gasteiger partial charge < -0.3 is 15.2 Å². The Morgan fingerprint density at radius 1 is 1.02 bits per heavy atom. The standard InChI is InChI=1S/C28H23BrF2N2O3.C4H8O2/c1-16-6-5-7-23(34)25(16)18-12-17(2)26(31)19(13-18)15-32-28(36)27(33-11-4-3-8-24(33)35)21-14-20(29)9-10-22(21)30;1-3-6-4(2)5/h3-14,27,34H,15H2,1-2H3,(H,32,36);3H2,1-2H3. The third kappa shape index (κ3) is 7.91. The van der Waals surface area contributed by atoms with Crippen molar-refractivity contribution in [3.05, 3.63) is 122 Å². The number of benzene rings is 3. The first-order chi connectivity index (χ1) is 19.9. The molecule has 1 unspecified atom stereocenters. The van der Waals surface area contributed by atoms with E-state index in [0.29, 0.717) is 27.8 Å². The monoisotopic (exact) mass is 640 g/mol. The average Bonchev–Trinajstić information content (AvgIpc) is 2.93. The normalized spacial score (nSPS) is 11.2. The molecular formula is C32H31BrF2N2O5. The van der Waals surface area contributed by atoms with E-state index in [1.807, 2.05) is 13.0 Å². The molecule has 1 atom stereocenters. The zero-order valence-electron chi connectivity index (χ0n) is 23.6. The number of aromatic hydroxyl groups is 1. The average molecular weight is 642 g/mol. The molecular weight excluding hydrogens is 610 g/mol. The molecule has 0 fully saturated rings. The fourth-order valence-corrected chi connectivity index (χ4v) is 4.80. The van der Waals surface area contributed by atoms with Gasteiger partial charge in [-0.15, -0.1) is 0 Å². The number of phenolic OH excluding ortho intramolecular Hbond substituents is 1. The molecule has 10 heteroatoms. The van der Waals surface area contributed by atoms with Crippen LogP contribution < -0.4 is 10.9 Å². The summed E-state index contributed by atoms with van der Waals surface area (Å²) in [7, 11) is 0. The lowest BCUT2D eigenvalue weighted by Crippen LogP contribution is -2.37. The van der Waals surface area contributed by atoms with Crippen LogP contribution in [-0.4, -0.2) is 28.2 Å². The smallest absolute Gasteiger partial charge is 0.302 e. The number of phenols is 1. The number of carbonyl (C=O) groups excluding carboxylic acids is 2. The van der Waals surface area contributed by atoms with E-state index in [-0.39, 0.29) is 29.4 Å². The van der Waals surface area contributed by atoms with Gasteiger partial charge in [0.15, 0.2) is 0 Å². The van der Waals surface area contributed by atoms with Gasteiger partial charge in [-0.3, -0.25) is 19.0 Å². The number of ether oxygens (including phenoxy) is 1. The molecule has 42 heavy (non-hydrogen) atoms. The van der Waals surface area contributed by atoms with Crippen LogP contribution in [-0.2, 0) is 20.9 Å². The van der Waals surface area contributed by atoms with Crippen LogP contribution in [0.3, 0.4) is 0 Å². The van der Waals surface area contributed by atoms with Gasteiger partial charge in [0.05, 0.1) is 6.61 Å². The van der Waals surface area contributed by atoms with Crippen LogP contribution in [0.15, 0.2) is 82.2 Å². The SMILES string of the molecule is CCOC(C)=O.Cc1cc(-c2c(C)cccc2O)cc(CNC(=O)C(c2cc(Br)ccc2F)n2ccccc2=O)c1F. The van der Waals surface area contributed by atoms with Crippen molar-refractivity contribution < 1.29 is 28.2 Å². The summed E-state index contributed by atoms with van der Waals surface area (Å²) in [4.78, 5) is 35.7. The number of hydrogen-bond acceptors (Lipinski definition) is 5. The molecule has 3 aromatic carbocycles. The Morgan fingerprint density at radius 3 is 2.38 bits per heavy atom. The minimum Gasteiger partial charge on any atom is -0.507 e. The fraction of sp³-hybridized carbons (Fsp3) is 0.219. The maximum absolute atomic E-state index is 15.0. The van der Waals surface area contributed by atoms with Gasteiger partial charge in [0, 0.05) is 46.9 Å². The van der Waals surface area contributed by atoms with Crippen LogP contribution in [0.25, 0.3) is 11.1 Å². The number of carbonyl (C=O) groups is 2. The molecule has 0 saturated heterocycles. The number of amides is 1. The van der Waals surface area contributed by atoms with Gasteiger partial charge in [-0.1, -0.05) is 34.1 Å². The lowest BCUT2D eigenvalue weighted by Gasteiger charge is -2.21. The maximum Gasteiger partial charge on any atom is 0.302 e. The highest BCUT2D eigenvalue weighted by Gasteiger charge is 2.27. The number of halogens is 3. The first-order valence-corrected chi connectivity index (χ1v) is 13.8. The highest BCUT2D eigenvalue weighted by atomic mass is 79.9. The van der Waals surface area contributed by atoms with Crippen molar-refractivity contribution in [2.75, 3.05) is 6.61 Å². The Morgan fingerprint density at radius 2 is 1.76 bits per heavy atom. The van der Waals surface area contributed by atoms with E-state index in [0.717, 1.165) is 10.1 Å². The van der Waals surface area contributed by atoms with Gasteiger partial charge in [0.2, 0.25) is 5.91 Å². The highest BCUT2D eigenvalue weighted by Crippen LogP contribution is 2.34. The molecule has 1 amide bonds. The number of esters is 1. The van der Waals surface area contributed by atoms with Crippen molar-refractivity contribution in [3.63, 3.8) is 0 Å². The molecule has 0 aliphatic carbocycles. The second-order valence-corrected chi connectivity index (χ2v) is 10.3. The largest absolute Gasteiger partial charge is 0.507 e. The lowest BCUT2D eigenvalue weighted by molar-refractivity contribution is -0.140. The van der Waals surface area contributed by atoms with E-state index in [1.165, 1.54) is 43.5 Å². The minimum absolute atomic E-state index is 0.00888. The number of nitrogens with zero attached hydrogens (tertiary/aromatic N) is 1. The van der Waals surface area contributed by atoms with E-state index in [1.54, 1.807) is 44.2 Å². The van der Waals surface area contributed by atoms with Crippen LogP contribution in [0.1, 0.15) is 42.1 Å². The summed E-state index contributed by atoms with van der Waals surface area (Å²) in [6.45, 7) is 6.88. The summed E-state index contributed by atoms with van der Waals surface area (Å²) in [6, 6.07) is 15.5. The van der Waals surface area contributed by atoms with Crippen molar-refractivity contribution in [2.24, 2.45) is 0 Å². The van der Waals surface area contributed by atoms with Crippen molar-refractivity contribution in [1.82, 2.24) is 9.88 Å². The van der Waals surface area contributed by atoms with Crippen molar-refractivity contribution in [2.45, 2.75) is 40.3 Å². The van der Waals surface area contributed by atoms with Crippen molar-refractivity contribution >= 4 is 27.8 Å². The molecule has 0 aliphatic heterocycles. The van der Waals surface area contributed by atoms with E-state index < -0.39 is 29.1 Å². The molecule has 220 valence electrons. The van der Waals surface area contributed by atoms with E-state index in [9.17, 15) is 23.9 Å². The molecule has 0 radical (unpaired) electrons. The molecule has 7 nitrogen and oxygen atoms in total. The van der Waals surface area contributed by atoms with Crippen LogP contribution >= 0.6 is 15.9 Å². The number of hydrogen-bond donors (Lipinski definition) is 2. The lowest BCUT2D eigenvalue weighted by atomic mass is 9.95. The summed E-state index contributed by atoms with van der Waals surface area (Å²) in [5.41, 5.74) is 2.01. The number of rotatable bonds is 7. The summed E-state index contributed by atoms with van der Waals surface area (Å²) >= 11 is 3.28. The van der Waals surface area contributed by atoms with Crippen LogP contribution in [0.2, 0.25) is 0 Å². The summed E-state index contributed by atoms with van der Waals surface area (Å²) < 4.78 is 35.9. The van der Waals surface area contributed by atoms with Crippen molar-refractivity contribution in [3.8, 4) is 16.9 Å². The van der Waals surface area contributed by atoms with E-state index in [2.05, 4.69) is 26.0 Å². The second kappa shape index (κ2) is 14.5. The molecule has 2 N–H and O–H groups in total. The molecule has 0 bridgehead atoms. The minimum atomic E-state index is -1.32. The molecule has 0 aliphatic rings. The van der Waals surface area contributed by atoms with Gasteiger partial charge in [-0.05, 0) is 79.9 Å². The molecule has 0 spiro atoms. The fourth-order valence-electron chi connectivity index (χ4n) is 4.42. The third-order valence-corrected chi connectivity index (χ3v) is 6.79. The Hall–Kier alpha value is -4.31. The zero-order valence-corrected chi connectivity index (χ0v) is 25.2. The molecule has 1 heterocycles. The van der Waals surface area contributed by atoms with Crippen molar-refractivity contribution in [1.29, 1.82) is 0 Å². The summed E-state index contributed by atoms with van der Waals surface area (Å²) in [6.07, 6.45) is 1.40. The third-order valence-electron chi connectivity index (χ3n) is 6.30. The van der Waals surface area contributed by atoms with Gasteiger partial charge in [-0.2, -0.15) is 0 Å². The first kappa shape index (κ1) is 32.2. The summed E-state index contributed by atoms with van der Waals surface area (Å²) in [5, 5.41) is 13.0.